The van der Waals surface area contributed by atoms with Crippen LogP contribution in [0.5, 0.6) is 0 Å². The monoisotopic (exact) mass is 961 g/mol. The van der Waals surface area contributed by atoms with Crippen molar-refractivity contribution in [1.82, 2.24) is 0 Å². The van der Waals surface area contributed by atoms with Crippen LogP contribution in [-0.2, 0) is 28.6 Å². The first kappa shape index (κ1) is 65.6. The normalized spacial score (nSPS) is 12.7. The largest absolute Gasteiger partial charge is 0.462 e. The SMILES string of the molecule is CC/C=C\C/C=C\C/C=C\C/C=C\C/C=C\C/C=C\CCCCCCC(=O)OCC(COC(=O)CCCCCCCCCCCCCC)OC(=O)CCCCCCC/C=C\CCCCCCCCC. The van der Waals surface area contributed by atoms with Crippen molar-refractivity contribution >= 4 is 17.9 Å². The van der Waals surface area contributed by atoms with Gasteiger partial charge in [0.05, 0.1) is 0 Å². The van der Waals surface area contributed by atoms with Crippen LogP contribution in [0.4, 0.5) is 0 Å². The van der Waals surface area contributed by atoms with Crippen LogP contribution in [0.15, 0.2) is 85.1 Å². The van der Waals surface area contributed by atoms with E-state index in [9.17, 15) is 14.4 Å². The van der Waals surface area contributed by atoms with Gasteiger partial charge in [-0.15, -0.1) is 0 Å². The smallest absolute Gasteiger partial charge is 0.306 e. The molecule has 1 atom stereocenters. The third kappa shape index (κ3) is 55.4. The van der Waals surface area contributed by atoms with E-state index in [0.29, 0.717) is 19.3 Å². The van der Waals surface area contributed by atoms with Gasteiger partial charge in [0, 0.05) is 19.3 Å². The molecule has 0 aromatic heterocycles. The summed E-state index contributed by atoms with van der Waals surface area (Å²) in [5.41, 5.74) is 0. The molecule has 6 heteroatoms. The average Bonchev–Trinajstić information content (AvgIpc) is 3.35. The number of esters is 3. The fraction of sp³-hybridized carbons (Fsp3) is 0.730. The Bertz CT molecular complexity index is 1330. The highest BCUT2D eigenvalue weighted by Crippen LogP contribution is 2.15. The van der Waals surface area contributed by atoms with Crippen molar-refractivity contribution in [3.05, 3.63) is 85.1 Å². The van der Waals surface area contributed by atoms with E-state index in [4.69, 9.17) is 14.2 Å². The Balaban J connectivity index is 4.40. The number of ether oxygens (including phenoxy) is 3. The Morgan fingerprint density at radius 1 is 0.304 bits per heavy atom. The number of hydrogen-bond acceptors (Lipinski definition) is 6. The minimum Gasteiger partial charge on any atom is -0.462 e. The van der Waals surface area contributed by atoms with E-state index < -0.39 is 6.10 Å². The lowest BCUT2D eigenvalue weighted by atomic mass is 10.0. The van der Waals surface area contributed by atoms with Gasteiger partial charge < -0.3 is 14.2 Å². The predicted molar refractivity (Wildman–Crippen MR) is 297 cm³/mol. The van der Waals surface area contributed by atoms with Crippen molar-refractivity contribution in [2.45, 2.75) is 284 Å². The molecule has 0 rings (SSSR count). The zero-order chi connectivity index (χ0) is 50.0. The summed E-state index contributed by atoms with van der Waals surface area (Å²) in [6.45, 7) is 6.51. The average molecular weight is 962 g/mol. The molecule has 0 aliphatic carbocycles. The summed E-state index contributed by atoms with van der Waals surface area (Å²) < 4.78 is 16.8. The number of unbranched alkanes of at least 4 members (excludes halogenated alkanes) is 27. The van der Waals surface area contributed by atoms with Gasteiger partial charge >= 0.3 is 17.9 Å². The molecule has 0 saturated carbocycles. The highest BCUT2D eigenvalue weighted by molar-refractivity contribution is 5.71. The second-order valence-corrected chi connectivity index (χ2v) is 19.2. The third-order valence-electron chi connectivity index (χ3n) is 12.4. The van der Waals surface area contributed by atoms with Gasteiger partial charge in [0.15, 0.2) is 6.10 Å². The molecule has 0 bridgehead atoms. The van der Waals surface area contributed by atoms with Crippen molar-refractivity contribution in [1.29, 1.82) is 0 Å². The van der Waals surface area contributed by atoms with Crippen LogP contribution in [0.3, 0.4) is 0 Å². The minimum absolute atomic E-state index is 0.0861. The Morgan fingerprint density at radius 2 is 0.565 bits per heavy atom. The van der Waals surface area contributed by atoms with Gasteiger partial charge in [-0.3, -0.25) is 14.4 Å². The topological polar surface area (TPSA) is 78.9 Å². The van der Waals surface area contributed by atoms with E-state index in [0.717, 1.165) is 122 Å². The maximum absolute atomic E-state index is 12.8. The van der Waals surface area contributed by atoms with Crippen molar-refractivity contribution in [2.75, 3.05) is 13.2 Å². The van der Waals surface area contributed by atoms with Crippen LogP contribution in [-0.4, -0.2) is 37.2 Å². The lowest BCUT2D eigenvalue weighted by Crippen LogP contribution is -2.30. The Kier molecular flexibility index (Phi) is 54.3. The van der Waals surface area contributed by atoms with Crippen LogP contribution in [0.25, 0.3) is 0 Å². The molecule has 396 valence electrons. The van der Waals surface area contributed by atoms with Crippen LogP contribution in [0.2, 0.25) is 0 Å². The van der Waals surface area contributed by atoms with Gasteiger partial charge in [-0.2, -0.15) is 0 Å². The summed E-state index contributed by atoms with van der Waals surface area (Å²) in [6.07, 6.45) is 74.3. The van der Waals surface area contributed by atoms with E-state index in [1.54, 1.807) is 0 Å². The van der Waals surface area contributed by atoms with Crippen LogP contribution >= 0.6 is 0 Å². The molecule has 0 radical (unpaired) electrons. The van der Waals surface area contributed by atoms with Crippen molar-refractivity contribution in [3.63, 3.8) is 0 Å². The number of rotatable bonds is 52. The molecule has 0 saturated heterocycles. The number of allylic oxidation sites excluding steroid dienone is 14. The molecule has 69 heavy (non-hydrogen) atoms. The molecule has 6 nitrogen and oxygen atoms in total. The molecule has 0 aliphatic rings. The first-order valence-corrected chi connectivity index (χ1v) is 29.1. The fourth-order valence-electron chi connectivity index (χ4n) is 8.03. The van der Waals surface area contributed by atoms with Crippen molar-refractivity contribution in [2.24, 2.45) is 0 Å². The molecule has 1 unspecified atom stereocenters. The van der Waals surface area contributed by atoms with Gasteiger partial charge in [-0.25, -0.2) is 0 Å². The summed E-state index contributed by atoms with van der Waals surface area (Å²) in [5.74, 6) is -0.914. The van der Waals surface area contributed by atoms with Gasteiger partial charge in [0.2, 0.25) is 0 Å². The summed E-state index contributed by atoms with van der Waals surface area (Å²) in [6, 6.07) is 0. The van der Waals surface area contributed by atoms with Crippen molar-refractivity contribution in [3.8, 4) is 0 Å². The summed E-state index contributed by atoms with van der Waals surface area (Å²) in [4.78, 5) is 38.1. The maximum atomic E-state index is 12.8. The van der Waals surface area contributed by atoms with Crippen LogP contribution in [0, 0.1) is 0 Å². The Labute approximate surface area is 426 Å². The molecule has 0 aromatic rings. The van der Waals surface area contributed by atoms with E-state index in [1.165, 1.54) is 116 Å². The Hall–Kier alpha value is -3.41. The second kappa shape index (κ2) is 57.2. The lowest BCUT2D eigenvalue weighted by molar-refractivity contribution is -0.167. The molecule has 0 aliphatic heterocycles. The molecular weight excluding hydrogens is 853 g/mol. The van der Waals surface area contributed by atoms with Crippen molar-refractivity contribution < 1.29 is 28.6 Å². The standard InChI is InChI=1S/C63H108O6/c1-4-7-10-13-16-19-22-25-27-29-30-31-32-33-34-35-37-38-41-44-47-50-53-56-62(65)68-59-60(58-67-61(64)55-52-49-46-43-40-24-21-18-15-12-9-6-3)69-63(66)57-54-51-48-45-42-39-36-28-26-23-20-17-14-11-8-5-2/h7,10,16,19,25,27-28,30-31,33-34,36-38,60H,4-6,8-9,11-15,17-18,20-24,26,29,32,35,39-59H2,1-3H3/b10-7-,19-16-,27-25-,31-30-,34-33-,36-28-,38-37-. The van der Waals surface area contributed by atoms with E-state index in [2.05, 4.69) is 106 Å². The second-order valence-electron chi connectivity index (χ2n) is 19.2. The molecule has 0 spiro atoms. The number of hydrogen-bond donors (Lipinski definition) is 0. The predicted octanol–water partition coefficient (Wildman–Crippen LogP) is 19.5. The van der Waals surface area contributed by atoms with E-state index >= 15 is 0 Å². The maximum Gasteiger partial charge on any atom is 0.306 e. The highest BCUT2D eigenvalue weighted by atomic mass is 16.6. The first-order valence-electron chi connectivity index (χ1n) is 29.1. The van der Waals surface area contributed by atoms with E-state index in [-0.39, 0.29) is 31.1 Å². The molecule has 0 fully saturated rings. The molecule has 0 amide bonds. The molecule has 0 aromatic carbocycles. The summed E-state index contributed by atoms with van der Waals surface area (Å²) in [5, 5.41) is 0. The number of carbonyl (C=O) groups is 3. The first-order chi connectivity index (χ1) is 34.0. The van der Waals surface area contributed by atoms with Gasteiger partial charge in [-0.1, -0.05) is 247 Å². The van der Waals surface area contributed by atoms with E-state index in [1.807, 2.05) is 0 Å². The summed E-state index contributed by atoms with van der Waals surface area (Å²) >= 11 is 0. The van der Waals surface area contributed by atoms with Gasteiger partial charge in [-0.05, 0) is 96.3 Å². The molecular formula is C63H108O6. The highest BCUT2D eigenvalue weighted by Gasteiger charge is 2.19. The number of carbonyl (C=O) groups excluding carboxylic acids is 3. The zero-order valence-corrected chi connectivity index (χ0v) is 45.3. The Morgan fingerprint density at radius 3 is 0.899 bits per heavy atom. The zero-order valence-electron chi connectivity index (χ0n) is 45.3. The van der Waals surface area contributed by atoms with Gasteiger partial charge in [0.25, 0.3) is 0 Å². The van der Waals surface area contributed by atoms with Crippen LogP contribution in [0.1, 0.15) is 278 Å². The summed E-state index contributed by atoms with van der Waals surface area (Å²) in [7, 11) is 0. The third-order valence-corrected chi connectivity index (χ3v) is 12.4. The quantitative estimate of drug-likeness (QED) is 0.0262. The van der Waals surface area contributed by atoms with Gasteiger partial charge in [0.1, 0.15) is 13.2 Å². The molecule has 0 heterocycles. The fourth-order valence-corrected chi connectivity index (χ4v) is 8.03. The van der Waals surface area contributed by atoms with Crippen LogP contribution < -0.4 is 0 Å². The minimum atomic E-state index is -0.790. The lowest BCUT2D eigenvalue weighted by Gasteiger charge is -2.18. The molecule has 0 N–H and O–H groups in total.